The molecule has 2 aromatic rings. The van der Waals surface area contributed by atoms with E-state index in [0.29, 0.717) is 19.6 Å². The maximum atomic E-state index is 14.0. The van der Waals surface area contributed by atoms with Crippen LogP contribution in [-0.4, -0.2) is 57.4 Å². The van der Waals surface area contributed by atoms with Crippen molar-refractivity contribution in [3.05, 3.63) is 58.4 Å². The van der Waals surface area contributed by atoms with Crippen LogP contribution in [0.3, 0.4) is 0 Å². The number of benzene rings is 2. The zero-order valence-corrected chi connectivity index (χ0v) is 21.3. The number of ether oxygens (including phenoxy) is 2. The van der Waals surface area contributed by atoms with Crippen LogP contribution in [0.5, 0.6) is 5.75 Å². The molecule has 0 saturated carbocycles. The molecule has 2 aromatic carbocycles. The van der Waals surface area contributed by atoms with Crippen LogP contribution in [0.15, 0.2) is 35.3 Å². The zero-order chi connectivity index (χ0) is 21.8. The Hall–Kier alpha value is -2.07. The minimum absolute atomic E-state index is 0. The number of rotatable bonds is 4. The van der Waals surface area contributed by atoms with E-state index in [0.717, 1.165) is 49.0 Å². The van der Waals surface area contributed by atoms with Crippen molar-refractivity contribution in [2.75, 3.05) is 51.5 Å². The van der Waals surface area contributed by atoms with E-state index < -0.39 is 0 Å². The minimum atomic E-state index is -0.255. The lowest BCUT2D eigenvalue weighted by Gasteiger charge is -2.38. The van der Waals surface area contributed by atoms with Crippen molar-refractivity contribution in [3.8, 4) is 5.75 Å². The van der Waals surface area contributed by atoms with Crippen molar-refractivity contribution in [1.82, 2.24) is 10.2 Å². The largest absolute Gasteiger partial charge is 0.467 e. The van der Waals surface area contributed by atoms with Gasteiger partial charge < -0.3 is 24.6 Å². The van der Waals surface area contributed by atoms with Crippen molar-refractivity contribution in [3.63, 3.8) is 0 Å². The van der Waals surface area contributed by atoms with Gasteiger partial charge in [0.25, 0.3) is 0 Å². The van der Waals surface area contributed by atoms with Crippen LogP contribution in [0.2, 0.25) is 0 Å². The smallest absolute Gasteiger partial charge is 0.193 e. The van der Waals surface area contributed by atoms with Crippen molar-refractivity contribution in [2.24, 2.45) is 4.99 Å². The molecule has 0 amide bonds. The summed E-state index contributed by atoms with van der Waals surface area (Å²) in [7, 11) is 1.81. The number of nitrogens with one attached hydrogen (secondary N) is 1. The third-order valence-corrected chi connectivity index (χ3v) is 6.14. The van der Waals surface area contributed by atoms with E-state index in [9.17, 15) is 4.39 Å². The lowest BCUT2D eigenvalue weighted by Crippen LogP contribution is -2.53. The van der Waals surface area contributed by atoms with Gasteiger partial charge in [-0.15, -0.1) is 24.0 Å². The number of nitrogens with zero attached hydrogens (tertiary/aromatic N) is 3. The van der Waals surface area contributed by atoms with Gasteiger partial charge in [-0.05, 0) is 55.2 Å². The van der Waals surface area contributed by atoms with E-state index >= 15 is 0 Å². The number of aliphatic imine (C=N–C) groups is 1. The molecule has 0 aromatic heterocycles. The molecule has 174 valence electrons. The first-order valence-electron chi connectivity index (χ1n) is 10.9. The number of aryl methyl sites for hydroxylation is 1. The fourth-order valence-electron chi connectivity index (χ4n) is 4.32. The monoisotopic (exact) mass is 554 g/mol. The highest BCUT2D eigenvalue weighted by Gasteiger charge is 2.21. The van der Waals surface area contributed by atoms with E-state index in [1.807, 2.05) is 7.05 Å². The molecule has 0 spiro atoms. The fraction of sp³-hybridized carbons (Fsp3) is 0.458. The van der Waals surface area contributed by atoms with Crippen LogP contribution in [0.1, 0.15) is 22.3 Å². The highest BCUT2D eigenvalue weighted by molar-refractivity contribution is 14.0. The Morgan fingerprint density at radius 1 is 1.16 bits per heavy atom. The number of anilines is 1. The summed E-state index contributed by atoms with van der Waals surface area (Å²) < 4.78 is 24.8. The second-order valence-electron chi connectivity index (χ2n) is 8.08. The normalized spacial score (nSPS) is 16.2. The molecular weight excluding hydrogens is 522 g/mol. The summed E-state index contributed by atoms with van der Waals surface area (Å²) in [6, 6.07) is 9.54. The molecule has 4 rings (SSSR count). The molecule has 6 nitrogen and oxygen atoms in total. The summed E-state index contributed by atoms with van der Waals surface area (Å²) in [6.07, 6.45) is 0.654. The van der Waals surface area contributed by atoms with Gasteiger partial charge in [-0.3, -0.25) is 4.99 Å². The minimum Gasteiger partial charge on any atom is -0.467 e. The standard InChI is InChI=1S/C24H31FN4O2.HI/c1-17-5-4-6-22(18(17)2)28-9-11-29(12-10-28)24(26-3)27-8-7-19-13-21(25)14-20-15-30-16-31-23(19)20;/h4-6,13-14H,7-12,15-16H2,1-3H3,(H,26,27);1H. The van der Waals surface area contributed by atoms with Gasteiger partial charge in [0.05, 0.1) is 6.61 Å². The predicted octanol–water partition coefficient (Wildman–Crippen LogP) is 3.87. The topological polar surface area (TPSA) is 49.3 Å². The zero-order valence-electron chi connectivity index (χ0n) is 19.0. The number of hydrogen-bond acceptors (Lipinski definition) is 4. The molecule has 0 bridgehead atoms. The van der Waals surface area contributed by atoms with Crippen LogP contribution in [0.4, 0.5) is 10.1 Å². The van der Waals surface area contributed by atoms with Gasteiger partial charge in [0, 0.05) is 51.0 Å². The SMILES string of the molecule is CN=C(NCCc1cc(F)cc2c1OCOC2)N1CCN(c2cccc(C)c2C)CC1.I. The summed E-state index contributed by atoms with van der Waals surface area (Å²) in [5.41, 5.74) is 5.63. The first-order chi connectivity index (χ1) is 15.1. The molecule has 0 unspecified atom stereocenters. The molecule has 0 atom stereocenters. The molecule has 2 aliphatic rings. The maximum Gasteiger partial charge on any atom is 0.193 e. The Balaban J connectivity index is 0.00000289. The lowest BCUT2D eigenvalue weighted by atomic mass is 10.1. The van der Waals surface area contributed by atoms with Gasteiger partial charge in [-0.25, -0.2) is 4.39 Å². The summed E-state index contributed by atoms with van der Waals surface area (Å²) >= 11 is 0. The van der Waals surface area contributed by atoms with E-state index in [-0.39, 0.29) is 36.6 Å². The van der Waals surface area contributed by atoms with Gasteiger partial charge in [-0.1, -0.05) is 12.1 Å². The molecule has 8 heteroatoms. The second-order valence-corrected chi connectivity index (χ2v) is 8.08. The maximum absolute atomic E-state index is 14.0. The summed E-state index contributed by atoms with van der Waals surface area (Å²) in [6.45, 7) is 9.33. The number of guanidine groups is 1. The second kappa shape index (κ2) is 11.2. The van der Waals surface area contributed by atoms with Crippen molar-refractivity contribution >= 4 is 35.6 Å². The Morgan fingerprint density at radius 3 is 2.69 bits per heavy atom. The van der Waals surface area contributed by atoms with Crippen molar-refractivity contribution in [1.29, 1.82) is 0 Å². The number of halogens is 2. The Bertz CT molecular complexity index is 961. The van der Waals surface area contributed by atoms with Crippen molar-refractivity contribution in [2.45, 2.75) is 26.9 Å². The molecule has 2 heterocycles. The molecule has 1 saturated heterocycles. The Morgan fingerprint density at radius 2 is 1.94 bits per heavy atom. The van der Waals surface area contributed by atoms with Gasteiger partial charge >= 0.3 is 0 Å². The van der Waals surface area contributed by atoms with E-state index in [1.54, 1.807) is 6.07 Å². The molecule has 0 aliphatic carbocycles. The van der Waals surface area contributed by atoms with Crippen LogP contribution >= 0.6 is 24.0 Å². The van der Waals surface area contributed by atoms with Crippen LogP contribution < -0.4 is 15.0 Å². The summed E-state index contributed by atoms with van der Waals surface area (Å²) in [4.78, 5) is 9.20. The molecule has 32 heavy (non-hydrogen) atoms. The summed E-state index contributed by atoms with van der Waals surface area (Å²) in [5.74, 6) is 1.39. The molecule has 2 aliphatic heterocycles. The number of hydrogen-bond donors (Lipinski definition) is 1. The Kier molecular flexibility index (Phi) is 8.58. The average molecular weight is 554 g/mol. The molecule has 1 fully saturated rings. The first kappa shape index (κ1) is 24.6. The van der Waals surface area contributed by atoms with Crippen molar-refractivity contribution < 1.29 is 13.9 Å². The Labute approximate surface area is 206 Å². The molecule has 0 radical (unpaired) electrons. The van der Waals surface area contributed by atoms with Gasteiger partial charge in [0.2, 0.25) is 0 Å². The predicted molar refractivity (Wildman–Crippen MR) is 137 cm³/mol. The first-order valence-corrected chi connectivity index (χ1v) is 10.9. The van der Waals surface area contributed by atoms with Crippen LogP contribution in [0, 0.1) is 19.7 Å². The molecular formula is C24H32FIN4O2. The van der Waals surface area contributed by atoms with E-state index in [2.05, 4.69) is 52.2 Å². The van der Waals surface area contributed by atoms with E-state index in [1.165, 1.54) is 22.9 Å². The number of piperazine rings is 1. The third-order valence-electron chi connectivity index (χ3n) is 6.14. The lowest BCUT2D eigenvalue weighted by molar-refractivity contribution is -0.0172. The molecule has 1 N–H and O–H groups in total. The fourth-order valence-corrected chi connectivity index (χ4v) is 4.32. The highest BCUT2D eigenvalue weighted by atomic mass is 127. The van der Waals surface area contributed by atoms with Gasteiger partial charge in [0.15, 0.2) is 12.8 Å². The average Bonchev–Trinajstić information content (AvgIpc) is 2.78. The van der Waals surface area contributed by atoms with Gasteiger partial charge in [0.1, 0.15) is 11.6 Å². The van der Waals surface area contributed by atoms with Gasteiger partial charge in [-0.2, -0.15) is 0 Å². The van der Waals surface area contributed by atoms with E-state index in [4.69, 9.17) is 9.47 Å². The highest BCUT2D eigenvalue weighted by Crippen LogP contribution is 2.29. The number of fused-ring (bicyclic) bond motifs is 1. The van der Waals surface area contributed by atoms with Crippen LogP contribution in [-0.2, 0) is 17.8 Å². The quantitative estimate of drug-likeness (QED) is 0.354. The van der Waals surface area contributed by atoms with Crippen LogP contribution in [0.25, 0.3) is 0 Å². The summed E-state index contributed by atoms with van der Waals surface area (Å²) in [5, 5.41) is 3.44. The third kappa shape index (κ3) is 5.46.